The first-order valence-corrected chi connectivity index (χ1v) is 12.9. The molecular weight excluding hydrogens is 479 g/mol. The first-order valence-electron chi connectivity index (χ1n) is 12.4. The number of ether oxygens (including phenoxy) is 3. The summed E-state index contributed by atoms with van der Waals surface area (Å²) in [6.07, 6.45) is 0.401. The molecule has 9 atom stereocenters. The van der Waals surface area contributed by atoms with E-state index in [1.165, 1.54) is 13.0 Å². The van der Waals surface area contributed by atoms with Crippen molar-refractivity contribution in [1.82, 2.24) is 0 Å². The zero-order chi connectivity index (χ0) is 25.8. The normalized spacial score (nSPS) is 49.9. The van der Waals surface area contributed by atoms with E-state index in [-0.39, 0.29) is 37.4 Å². The molecule has 1 saturated heterocycles. The molecule has 0 unspecified atom stereocenters. The Labute approximate surface area is 209 Å². The van der Waals surface area contributed by atoms with Crippen molar-refractivity contribution in [3.63, 3.8) is 0 Å². The Morgan fingerprint density at radius 1 is 1.23 bits per heavy atom. The third kappa shape index (κ3) is 3.09. The third-order valence-electron chi connectivity index (χ3n) is 9.84. The Morgan fingerprint density at radius 3 is 2.57 bits per heavy atom. The first kappa shape index (κ1) is 25.3. The summed E-state index contributed by atoms with van der Waals surface area (Å²) in [6.45, 7) is 7.80. The van der Waals surface area contributed by atoms with Crippen LogP contribution in [0.3, 0.4) is 0 Å². The van der Waals surface area contributed by atoms with Crippen LogP contribution in [0.1, 0.15) is 66.7 Å². The van der Waals surface area contributed by atoms with Gasteiger partial charge in [-0.3, -0.25) is 14.4 Å². The van der Waals surface area contributed by atoms with Gasteiger partial charge in [-0.25, -0.2) is 4.39 Å². The van der Waals surface area contributed by atoms with Gasteiger partial charge in [-0.05, 0) is 57.1 Å². The average molecular weight is 513 g/mol. The molecule has 7 nitrogen and oxygen atoms in total. The average Bonchev–Trinajstić information content (AvgIpc) is 3.16. The van der Waals surface area contributed by atoms with Crippen molar-refractivity contribution < 1.29 is 38.1 Å². The second kappa shape index (κ2) is 7.59. The van der Waals surface area contributed by atoms with Gasteiger partial charge in [-0.1, -0.05) is 13.8 Å². The summed E-state index contributed by atoms with van der Waals surface area (Å²) in [5, 5.41) is 11.0. The van der Waals surface area contributed by atoms with Crippen molar-refractivity contribution in [1.29, 1.82) is 0 Å². The van der Waals surface area contributed by atoms with Crippen LogP contribution in [0.2, 0.25) is 0 Å². The Kier molecular flexibility index (Phi) is 5.49. The second-order valence-corrected chi connectivity index (χ2v) is 12.5. The molecular formula is C26H34ClFO7. The summed E-state index contributed by atoms with van der Waals surface area (Å²) in [6, 6.07) is 0. The van der Waals surface area contributed by atoms with Crippen LogP contribution in [0.4, 0.5) is 4.39 Å². The highest BCUT2D eigenvalue weighted by molar-refractivity contribution is 6.23. The highest BCUT2D eigenvalue weighted by Crippen LogP contribution is 2.73. The number of rotatable bonds is 3. The lowest BCUT2D eigenvalue weighted by Crippen LogP contribution is -2.71. The maximum absolute atomic E-state index is 17.5. The molecule has 5 rings (SSSR count). The molecule has 9 heteroatoms. The van der Waals surface area contributed by atoms with Crippen LogP contribution >= 0.6 is 11.6 Å². The number of hydrogen-bond donors (Lipinski definition) is 1. The third-order valence-corrected chi connectivity index (χ3v) is 10.3. The number of carbonyl (C=O) groups is 3. The van der Waals surface area contributed by atoms with Gasteiger partial charge in [0.05, 0.1) is 17.6 Å². The van der Waals surface area contributed by atoms with Crippen molar-refractivity contribution in [3.8, 4) is 0 Å². The van der Waals surface area contributed by atoms with Crippen molar-refractivity contribution in [2.75, 3.05) is 6.61 Å². The standard InChI is InChI=1S/C26H34ClFO7/c1-13(29)33-12-20(32)26-21(34-22(2,3)35-26)10-15-16-9-18(27)17-8-14(30)6-7-23(17,4)25(16,28)19(31)11-24(15,26)5/h8,15-16,18-19,21,31H,6-7,9-12H2,1-5H3/t15-,16-,18+,19-,21+,23-,24-,25-,26+/m0/s1. The van der Waals surface area contributed by atoms with Gasteiger partial charge in [0.15, 0.2) is 23.8 Å². The van der Waals surface area contributed by atoms with Gasteiger partial charge in [0.25, 0.3) is 0 Å². The summed E-state index contributed by atoms with van der Waals surface area (Å²) in [5.74, 6) is -3.24. The molecule has 0 spiro atoms. The quantitative estimate of drug-likeness (QED) is 0.457. The van der Waals surface area contributed by atoms with Gasteiger partial charge >= 0.3 is 5.97 Å². The minimum absolute atomic E-state index is 0.0316. The smallest absolute Gasteiger partial charge is 0.303 e. The van der Waals surface area contributed by atoms with Crippen LogP contribution in [0, 0.1) is 22.7 Å². The Hall–Kier alpha value is -1.35. The predicted molar refractivity (Wildman–Crippen MR) is 123 cm³/mol. The number of ketones is 2. The van der Waals surface area contributed by atoms with E-state index in [4.69, 9.17) is 25.8 Å². The maximum Gasteiger partial charge on any atom is 0.303 e. The largest absolute Gasteiger partial charge is 0.458 e. The monoisotopic (exact) mass is 512 g/mol. The predicted octanol–water partition coefficient (Wildman–Crippen LogP) is 3.43. The van der Waals surface area contributed by atoms with Gasteiger partial charge < -0.3 is 19.3 Å². The summed E-state index contributed by atoms with van der Waals surface area (Å²) >= 11 is 6.80. The Balaban J connectivity index is 1.61. The van der Waals surface area contributed by atoms with Gasteiger partial charge in [-0.15, -0.1) is 11.6 Å². The van der Waals surface area contributed by atoms with E-state index in [1.807, 2.05) is 6.92 Å². The van der Waals surface area contributed by atoms with Crippen molar-refractivity contribution in [2.45, 2.75) is 101 Å². The number of alkyl halides is 2. The molecule has 5 aliphatic rings. The fourth-order valence-electron chi connectivity index (χ4n) is 8.43. The van der Waals surface area contributed by atoms with Crippen LogP contribution < -0.4 is 0 Å². The molecule has 0 radical (unpaired) electrons. The van der Waals surface area contributed by atoms with Gasteiger partial charge in [0, 0.05) is 30.1 Å². The number of hydrogen-bond acceptors (Lipinski definition) is 7. The van der Waals surface area contributed by atoms with Gasteiger partial charge in [0.2, 0.25) is 5.78 Å². The minimum Gasteiger partial charge on any atom is -0.458 e. The van der Waals surface area contributed by atoms with Crippen molar-refractivity contribution >= 4 is 29.1 Å². The summed E-state index contributed by atoms with van der Waals surface area (Å²) in [7, 11) is 0. The number of allylic oxidation sites excluding steroid dienone is 1. The number of Topliss-reactive ketones (excluding diaryl/α,β-unsaturated/α-hetero) is 1. The molecule has 1 heterocycles. The fourth-order valence-corrected chi connectivity index (χ4v) is 8.93. The van der Waals surface area contributed by atoms with Gasteiger partial charge in [-0.2, -0.15) is 0 Å². The molecule has 194 valence electrons. The highest BCUT2D eigenvalue weighted by atomic mass is 35.5. The molecule has 0 bridgehead atoms. The van der Waals surface area contributed by atoms with E-state index in [9.17, 15) is 19.5 Å². The molecule has 1 aliphatic heterocycles. The number of aliphatic hydroxyl groups excluding tert-OH is 1. The minimum atomic E-state index is -2.02. The molecule has 4 fully saturated rings. The summed E-state index contributed by atoms with van der Waals surface area (Å²) < 4.78 is 35.1. The molecule has 0 aromatic heterocycles. The highest BCUT2D eigenvalue weighted by Gasteiger charge is 2.80. The van der Waals surface area contributed by atoms with Gasteiger partial charge in [0.1, 0.15) is 5.67 Å². The Bertz CT molecular complexity index is 1030. The van der Waals surface area contributed by atoms with Crippen LogP contribution in [-0.4, -0.2) is 63.9 Å². The molecule has 35 heavy (non-hydrogen) atoms. The van der Waals surface area contributed by atoms with Crippen molar-refractivity contribution in [3.05, 3.63) is 11.6 Å². The van der Waals surface area contributed by atoms with Crippen LogP contribution in [0.25, 0.3) is 0 Å². The number of esters is 1. The first-order chi connectivity index (χ1) is 16.1. The summed E-state index contributed by atoms with van der Waals surface area (Å²) in [4.78, 5) is 37.4. The van der Waals surface area contributed by atoms with E-state index in [0.717, 1.165) is 0 Å². The van der Waals surface area contributed by atoms with Crippen LogP contribution in [0.15, 0.2) is 11.6 Å². The molecule has 0 aromatic rings. The molecule has 4 aliphatic carbocycles. The lowest BCUT2D eigenvalue weighted by atomic mass is 9.43. The van der Waals surface area contributed by atoms with E-state index in [0.29, 0.717) is 12.0 Å². The fraction of sp³-hybridized carbons (Fsp3) is 0.808. The molecule has 1 N–H and O–H groups in total. The number of fused-ring (bicyclic) bond motifs is 7. The van der Waals surface area contributed by atoms with E-state index < -0.39 is 69.7 Å². The van der Waals surface area contributed by atoms with Crippen LogP contribution in [0.5, 0.6) is 0 Å². The van der Waals surface area contributed by atoms with E-state index in [2.05, 4.69) is 0 Å². The lowest BCUT2D eigenvalue weighted by molar-refractivity contribution is -0.251. The van der Waals surface area contributed by atoms with Crippen LogP contribution in [-0.2, 0) is 28.6 Å². The number of carbonyl (C=O) groups excluding carboxylic acids is 3. The molecule has 0 aromatic carbocycles. The van der Waals surface area contributed by atoms with Crippen molar-refractivity contribution in [2.24, 2.45) is 22.7 Å². The Morgan fingerprint density at radius 2 is 1.91 bits per heavy atom. The molecule has 0 amide bonds. The van der Waals surface area contributed by atoms with E-state index >= 15 is 4.39 Å². The topological polar surface area (TPSA) is 99.1 Å². The lowest BCUT2D eigenvalue weighted by Gasteiger charge is -2.64. The summed E-state index contributed by atoms with van der Waals surface area (Å²) in [5.41, 5.74) is -5.04. The van der Waals surface area contributed by atoms with E-state index in [1.54, 1.807) is 20.8 Å². The SMILES string of the molecule is CC(=O)OCC(=O)[C@@]12OC(C)(C)O[C@@H]1C[C@H]1[C@@H]3C[C@@H](Cl)C4=CC(=O)CC[C@]4(C)[C@@]3(F)[C@@H](O)C[C@@]12C. The molecule has 3 saturated carbocycles. The zero-order valence-corrected chi connectivity index (χ0v) is 21.6. The second-order valence-electron chi connectivity index (χ2n) is 12.0. The number of aliphatic hydroxyl groups is 1. The zero-order valence-electron chi connectivity index (χ0n) is 20.9. The maximum atomic E-state index is 17.5. The number of halogens is 2.